The lowest BCUT2D eigenvalue weighted by Crippen LogP contribution is -2.66. The number of thioether (sulfide) groups is 3. The van der Waals surface area contributed by atoms with Gasteiger partial charge in [-0.1, -0.05) is 224 Å². The van der Waals surface area contributed by atoms with Crippen LogP contribution in [0.25, 0.3) is 0 Å². The average molecular weight is 1110 g/mol. The Morgan fingerprint density at radius 2 is 0.987 bits per heavy atom. The van der Waals surface area contributed by atoms with Crippen LogP contribution >= 0.6 is 35.3 Å². The van der Waals surface area contributed by atoms with Crippen molar-refractivity contribution < 1.29 is 23.5 Å². The molecule has 2 unspecified atom stereocenters. The summed E-state index contributed by atoms with van der Waals surface area (Å²) in [6.07, 6.45) is 38.3. The number of esters is 2. The van der Waals surface area contributed by atoms with Gasteiger partial charge in [0.15, 0.2) is 0 Å². The van der Waals surface area contributed by atoms with Crippen molar-refractivity contribution in [3.63, 3.8) is 0 Å². The number of unbranched alkanes of at least 4 members (excludes halogenated alkanes) is 10. The molecular weight excluding hydrogens is 999 g/mol. The lowest BCUT2D eigenvalue weighted by molar-refractivity contribution is -0.149. The van der Waals surface area contributed by atoms with Crippen LogP contribution in [0.2, 0.25) is 5.04 Å². The molecular formula is C65H111NO5S3Si. The van der Waals surface area contributed by atoms with Crippen LogP contribution in [0.1, 0.15) is 240 Å². The van der Waals surface area contributed by atoms with Crippen LogP contribution in [-0.2, 0) is 23.5 Å². The fraction of sp³-hybridized carbons (Fsp3) is 0.785. The zero-order chi connectivity index (χ0) is 53.5. The minimum absolute atomic E-state index is 0.0101. The quantitative estimate of drug-likeness (QED) is 0.0397. The molecule has 2 aromatic rings. The molecule has 75 heavy (non-hydrogen) atoms. The van der Waals surface area contributed by atoms with Crippen molar-refractivity contribution in [2.75, 3.05) is 47.7 Å². The van der Waals surface area contributed by atoms with Gasteiger partial charge in [0.25, 0.3) is 8.32 Å². The summed E-state index contributed by atoms with van der Waals surface area (Å²) in [5.41, 5.74) is 0. The van der Waals surface area contributed by atoms with Crippen LogP contribution < -0.4 is 15.7 Å². The molecule has 4 rings (SSSR count). The number of rotatable bonds is 44. The van der Waals surface area contributed by atoms with Gasteiger partial charge in [0.05, 0.1) is 0 Å². The van der Waals surface area contributed by atoms with Gasteiger partial charge < -0.3 is 19.2 Å². The number of ether oxygens (including phenoxy) is 2. The molecule has 10 heteroatoms. The van der Waals surface area contributed by atoms with Crippen LogP contribution in [0.3, 0.4) is 0 Å². The van der Waals surface area contributed by atoms with Gasteiger partial charge in [-0.15, -0.1) is 0 Å². The van der Waals surface area contributed by atoms with E-state index in [9.17, 15) is 9.59 Å². The van der Waals surface area contributed by atoms with E-state index in [4.69, 9.17) is 13.9 Å². The summed E-state index contributed by atoms with van der Waals surface area (Å²) < 4.78 is 19.5. The molecule has 1 N–H and O–H groups in total. The third-order valence-corrected chi connectivity index (χ3v) is 24.6. The highest BCUT2D eigenvalue weighted by Gasteiger charge is 2.50. The minimum Gasteiger partial charge on any atom is -0.461 e. The SMILES string of the molecule is CCCCCCC(CSCCCCCC(CCCCCSCC(CCCCCC)OC(=O)CCC1CCCCC1)NCCSCCO[Si](c1ccccc1)(c1ccccc1)C(C)(C)C)OC(=O)CCC1CCCCC1. The Morgan fingerprint density at radius 3 is 1.43 bits per heavy atom. The molecule has 2 saturated carbocycles. The molecule has 2 atom stereocenters. The summed E-state index contributed by atoms with van der Waals surface area (Å²) in [5, 5.41) is 6.72. The van der Waals surface area contributed by atoms with E-state index < -0.39 is 8.32 Å². The Labute approximate surface area is 475 Å². The second-order valence-corrected chi connectivity index (χ2v) is 31.5. The van der Waals surface area contributed by atoms with Gasteiger partial charge in [0.2, 0.25) is 0 Å². The number of hydrogen-bond acceptors (Lipinski definition) is 9. The monoisotopic (exact) mass is 1110 g/mol. The Bertz CT molecular complexity index is 1580. The van der Waals surface area contributed by atoms with Gasteiger partial charge >= 0.3 is 11.9 Å². The molecule has 0 heterocycles. The second-order valence-electron chi connectivity index (χ2n) is 23.6. The van der Waals surface area contributed by atoms with Crippen molar-refractivity contribution in [3.05, 3.63) is 60.7 Å². The maximum Gasteiger partial charge on any atom is 0.306 e. The topological polar surface area (TPSA) is 73.9 Å². The molecule has 6 nitrogen and oxygen atoms in total. The van der Waals surface area contributed by atoms with E-state index in [-0.39, 0.29) is 29.2 Å². The van der Waals surface area contributed by atoms with Crippen LogP contribution in [-0.4, -0.2) is 86.2 Å². The molecule has 2 aliphatic carbocycles. The number of benzene rings is 2. The van der Waals surface area contributed by atoms with E-state index in [0.717, 1.165) is 98.0 Å². The van der Waals surface area contributed by atoms with E-state index >= 15 is 0 Å². The van der Waals surface area contributed by atoms with Gasteiger partial charge in [-0.3, -0.25) is 9.59 Å². The summed E-state index contributed by atoms with van der Waals surface area (Å²) in [5.74, 6) is 7.78. The van der Waals surface area contributed by atoms with Gasteiger partial charge in [-0.2, -0.15) is 35.3 Å². The predicted molar refractivity (Wildman–Crippen MR) is 333 cm³/mol. The van der Waals surface area contributed by atoms with Crippen molar-refractivity contribution in [3.8, 4) is 0 Å². The first kappa shape index (κ1) is 66.1. The van der Waals surface area contributed by atoms with E-state index in [0.29, 0.717) is 18.9 Å². The Kier molecular flexibility index (Phi) is 36.6. The smallest absolute Gasteiger partial charge is 0.306 e. The van der Waals surface area contributed by atoms with Crippen LogP contribution in [0.15, 0.2) is 60.7 Å². The minimum atomic E-state index is -2.52. The van der Waals surface area contributed by atoms with E-state index in [1.165, 1.54) is 164 Å². The van der Waals surface area contributed by atoms with E-state index in [2.05, 4.69) is 101 Å². The molecule has 0 aromatic heterocycles. The summed E-state index contributed by atoms with van der Waals surface area (Å²) in [4.78, 5) is 25.9. The van der Waals surface area contributed by atoms with E-state index in [1.54, 1.807) is 0 Å². The Hall–Kier alpha value is -1.43. The normalized spacial score (nSPS) is 16.2. The molecule has 2 aliphatic rings. The first-order chi connectivity index (χ1) is 36.6. The third kappa shape index (κ3) is 28.5. The van der Waals surface area contributed by atoms with Gasteiger partial charge in [-0.05, 0) is 103 Å². The molecule has 0 spiro atoms. The van der Waals surface area contributed by atoms with Crippen LogP contribution in [0.4, 0.5) is 0 Å². The van der Waals surface area contributed by atoms with Gasteiger partial charge in [0, 0.05) is 55.0 Å². The third-order valence-electron chi connectivity index (χ3n) is 16.3. The Morgan fingerprint density at radius 1 is 0.547 bits per heavy atom. The van der Waals surface area contributed by atoms with Crippen molar-refractivity contribution in [1.29, 1.82) is 0 Å². The molecule has 0 radical (unpaired) electrons. The molecule has 0 aliphatic heterocycles. The van der Waals surface area contributed by atoms with Gasteiger partial charge in [0.1, 0.15) is 12.2 Å². The van der Waals surface area contributed by atoms with Crippen molar-refractivity contribution in [2.24, 2.45) is 11.8 Å². The van der Waals surface area contributed by atoms with Crippen molar-refractivity contribution in [2.45, 2.75) is 263 Å². The maximum atomic E-state index is 13.0. The Balaban J connectivity index is 1.22. The van der Waals surface area contributed by atoms with Gasteiger partial charge in [-0.25, -0.2) is 0 Å². The summed E-state index contributed by atoms with van der Waals surface area (Å²) in [6.45, 7) is 13.4. The fourth-order valence-electron chi connectivity index (χ4n) is 11.8. The summed E-state index contributed by atoms with van der Waals surface area (Å²) >= 11 is 6.03. The number of carbonyl (C=O) groups excluding carboxylic acids is 2. The highest BCUT2D eigenvalue weighted by molar-refractivity contribution is 7.99. The zero-order valence-corrected chi connectivity index (χ0v) is 52.2. The molecule has 0 bridgehead atoms. The largest absolute Gasteiger partial charge is 0.461 e. The fourth-order valence-corrected chi connectivity index (χ4v) is 19.3. The van der Waals surface area contributed by atoms with Crippen LogP contribution in [0, 0.1) is 11.8 Å². The second kappa shape index (κ2) is 41.6. The molecule has 0 saturated heterocycles. The zero-order valence-electron chi connectivity index (χ0n) is 48.7. The number of carbonyl (C=O) groups is 2. The highest BCUT2D eigenvalue weighted by atomic mass is 32.2. The maximum absolute atomic E-state index is 13.0. The lowest BCUT2D eigenvalue weighted by atomic mass is 9.86. The first-order valence-electron chi connectivity index (χ1n) is 31.2. The standard InChI is InChI=1S/C65H111NO5S3Si/c1-6-8-10-24-38-59(70-63(67)46-44-56-32-18-12-19-33-56)54-73-50-30-16-22-36-58(37-23-17-31-51-74-55-60(39-25-11-9-7-2)71-64(68)47-45-57-34-20-13-21-35-57)66-48-52-72-53-49-69-75(65(3,4)5,61-40-26-14-27-41-61)62-42-28-15-29-43-62/h14-15,26-29,40-43,56-60,66H,6-13,16-25,30-39,44-55H2,1-5H3. The summed E-state index contributed by atoms with van der Waals surface area (Å²) in [6, 6.07) is 22.6. The number of hydrogen-bond donors (Lipinski definition) is 1. The highest BCUT2D eigenvalue weighted by Crippen LogP contribution is 2.37. The molecule has 2 fully saturated rings. The van der Waals surface area contributed by atoms with E-state index in [1.807, 2.05) is 35.3 Å². The predicted octanol–water partition coefficient (Wildman–Crippen LogP) is 17.3. The van der Waals surface area contributed by atoms with Crippen LogP contribution in [0.5, 0.6) is 0 Å². The number of nitrogens with one attached hydrogen (secondary N) is 1. The first-order valence-corrected chi connectivity index (χ1v) is 36.6. The van der Waals surface area contributed by atoms with Crippen molar-refractivity contribution >= 4 is 65.9 Å². The lowest BCUT2D eigenvalue weighted by Gasteiger charge is -2.43. The van der Waals surface area contributed by atoms with Crippen molar-refractivity contribution in [1.82, 2.24) is 5.32 Å². The average Bonchev–Trinajstić information content (AvgIpc) is 3.42. The molecule has 428 valence electrons. The summed E-state index contributed by atoms with van der Waals surface area (Å²) in [7, 11) is -2.52. The molecule has 0 amide bonds. The molecule has 2 aromatic carbocycles.